The van der Waals surface area contributed by atoms with E-state index in [9.17, 15) is 9.18 Å². The van der Waals surface area contributed by atoms with Crippen LogP contribution in [-0.2, 0) is 4.84 Å². The third kappa shape index (κ3) is 2.66. The van der Waals surface area contributed by atoms with Crippen LogP contribution in [0.5, 0.6) is 5.75 Å². The summed E-state index contributed by atoms with van der Waals surface area (Å²) in [6.45, 7) is 2.02. The molecule has 1 N–H and O–H groups in total. The van der Waals surface area contributed by atoms with Gasteiger partial charge in [-0.3, -0.25) is 9.63 Å². The molecule has 0 fully saturated rings. The Morgan fingerprint density at radius 1 is 1.60 bits per heavy atom. The van der Waals surface area contributed by atoms with Crippen LogP contribution < -0.4 is 0 Å². The van der Waals surface area contributed by atoms with Crippen molar-refractivity contribution in [1.82, 2.24) is 5.06 Å². The molecule has 0 unspecified atom stereocenters. The Balaban J connectivity index is 2.95. The normalized spacial score (nSPS) is 10.1. The number of halogens is 1. The van der Waals surface area contributed by atoms with Gasteiger partial charge in [0, 0.05) is 7.05 Å². The van der Waals surface area contributed by atoms with Crippen LogP contribution in [-0.4, -0.2) is 29.7 Å². The average molecular weight is 213 g/mol. The molecular formula is C10H12FNO3. The second-order valence-corrected chi connectivity index (χ2v) is 2.88. The number of hydroxylamine groups is 2. The number of aromatic hydroxyl groups is 1. The van der Waals surface area contributed by atoms with E-state index in [0.29, 0.717) is 6.61 Å². The first-order chi connectivity index (χ1) is 7.06. The molecular weight excluding hydrogens is 201 g/mol. The highest BCUT2D eigenvalue weighted by atomic mass is 19.1. The summed E-state index contributed by atoms with van der Waals surface area (Å²) in [5.41, 5.74) is -0.217. The number of phenols is 1. The second kappa shape index (κ2) is 4.75. The Hall–Kier alpha value is -1.62. The van der Waals surface area contributed by atoms with Crippen LogP contribution >= 0.6 is 0 Å². The lowest BCUT2D eigenvalue weighted by molar-refractivity contribution is -0.100. The van der Waals surface area contributed by atoms with Crippen molar-refractivity contribution in [3.05, 3.63) is 29.6 Å². The van der Waals surface area contributed by atoms with Crippen molar-refractivity contribution in [2.24, 2.45) is 0 Å². The minimum atomic E-state index is -0.690. The smallest absolute Gasteiger partial charge is 0.280 e. The maximum Gasteiger partial charge on any atom is 0.280 e. The Kier molecular flexibility index (Phi) is 3.62. The van der Waals surface area contributed by atoms with Crippen molar-refractivity contribution in [3.63, 3.8) is 0 Å². The fourth-order valence-corrected chi connectivity index (χ4v) is 1.10. The van der Waals surface area contributed by atoms with Gasteiger partial charge in [-0.05, 0) is 25.1 Å². The molecule has 0 atom stereocenters. The molecule has 0 saturated carbocycles. The highest BCUT2D eigenvalue weighted by Gasteiger charge is 2.17. The summed E-state index contributed by atoms with van der Waals surface area (Å²) in [6.07, 6.45) is 0. The fourth-order valence-electron chi connectivity index (χ4n) is 1.10. The van der Waals surface area contributed by atoms with Crippen LogP contribution in [0.3, 0.4) is 0 Å². The van der Waals surface area contributed by atoms with Crippen molar-refractivity contribution in [2.75, 3.05) is 13.7 Å². The van der Waals surface area contributed by atoms with E-state index in [2.05, 4.69) is 0 Å². The standard InChI is InChI=1S/C10H12FNO3/c1-3-15-12(2)10(14)8-6-7(13)4-5-9(8)11/h4-6,13H,3H2,1-2H3. The summed E-state index contributed by atoms with van der Waals surface area (Å²) < 4.78 is 13.2. The molecule has 0 saturated heterocycles. The predicted molar refractivity (Wildman–Crippen MR) is 51.8 cm³/mol. The molecule has 0 aliphatic carbocycles. The monoisotopic (exact) mass is 213 g/mol. The number of carbonyl (C=O) groups is 1. The van der Waals surface area contributed by atoms with Crippen LogP contribution in [0, 0.1) is 5.82 Å². The number of carbonyl (C=O) groups excluding carboxylic acids is 1. The molecule has 1 rings (SSSR count). The van der Waals surface area contributed by atoms with Crippen LogP contribution in [0.15, 0.2) is 18.2 Å². The van der Waals surface area contributed by atoms with Gasteiger partial charge in [-0.25, -0.2) is 9.45 Å². The number of benzene rings is 1. The summed E-state index contributed by atoms with van der Waals surface area (Å²) in [6, 6.07) is 3.27. The summed E-state index contributed by atoms with van der Waals surface area (Å²) in [7, 11) is 1.38. The topological polar surface area (TPSA) is 49.8 Å². The summed E-state index contributed by atoms with van der Waals surface area (Å²) >= 11 is 0. The van der Waals surface area contributed by atoms with E-state index in [1.165, 1.54) is 13.1 Å². The average Bonchev–Trinajstić information content (AvgIpc) is 2.21. The van der Waals surface area contributed by atoms with Gasteiger partial charge in [0.05, 0.1) is 12.2 Å². The molecule has 5 heteroatoms. The van der Waals surface area contributed by atoms with Crippen molar-refractivity contribution in [3.8, 4) is 5.75 Å². The van der Waals surface area contributed by atoms with Crippen LogP contribution in [0.2, 0.25) is 0 Å². The highest BCUT2D eigenvalue weighted by molar-refractivity contribution is 5.94. The maximum absolute atomic E-state index is 13.2. The highest BCUT2D eigenvalue weighted by Crippen LogP contribution is 2.16. The molecule has 0 aliphatic heterocycles. The number of hydrogen-bond acceptors (Lipinski definition) is 3. The van der Waals surface area contributed by atoms with Gasteiger partial charge in [0.2, 0.25) is 0 Å². The lowest BCUT2D eigenvalue weighted by Gasteiger charge is -2.15. The fraction of sp³-hybridized carbons (Fsp3) is 0.300. The first kappa shape index (κ1) is 11.5. The quantitative estimate of drug-likeness (QED) is 0.775. The lowest BCUT2D eigenvalue weighted by Crippen LogP contribution is -2.27. The van der Waals surface area contributed by atoms with Crippen molar-refractivity contribution >= 4 is 5.91 Å². The summed E-state index contributed by atoms with van der Waals surface area (Å²) in [5, 5.41) is 10.0. The van der Waals surface area contributed by atoms with E-state index in [-0.39, 0.29) is 11.3 Å². The van der Waals surface area contributed by atoms with Crippen LogP contribution in [0.25, 0.3) is 0 Å². The van der Waals surface area contributed by atoms with E-state index < -0.39 is 11.7 Å². The first-order valence-electron chi connectivity index (χ1n) is 4.45. The molecule has 15 heavy (non-hydrogen) atoms. The zero-order valence-corrected chi connectivity index (χ0v) is 8.53. The van der Waals surface area contributed by atoms with E-state index >= 15 is 0 Å². The van der Waals surface area contributed by atoms with Crippen molar-refractivity contribution in [1.29, 1.82) is 0 Å². The molecule has 82 valence electrons. The first-order valence-corrected chi connectivity index (χ1v) is 4.45. The molecule has 1 amide bonds. The zero-order chi connectivity index (χ0) is 11.4. The number of phenolic OH excluding ortho intramolecular Hbond substituents is 1. The summed E-state index contributed by atoms with van der Waals surface area (Å²) in [4.78, 5) is 16.4. The molecule has 1 aromatic carbocycles. The van der Waals surface area contributed by atoms with E-state index in [1.54, 1.807) is 6.92 Å². The lowest BCUT2D eigenvalue weighted by atomic mass is 10.2. The molecule has 0 spiro atoms. The minimum Gasteiger partial charge on any atom is -0.508 e. The third-order valence-corrected chi connectivity index (χ3v) is 1.79. The van der Waals surface area contributed by atoms with E-state index in [0.717, 1.165) is 17.2 Å². The van der Waals surface area contributed by atoms with Crippen LogP contribution in [0.4, 0.5) is 4.39 Å². The van der Waals surface area contributed by atoms with Gasteiger partial charge < -0.3 is 5.11 Å². The maximum atomic E-state index is 13.2. The Morgan fingerprint density at radius 3 is 2.87 bits per heavy atom. The molecule has 0 aromatic heterocycles. The van der Waals surface area contributed by atoms with Gasteiger partial charge in [0.15, 0.2) is 0 Å². The van der Waals surface area contributed by atoms with Gasteiger partial charge in [0.25, 0.3) is 5.91 Å². The molecule has 0 heterocycles. The third-order valence-electron chi connectivity index (χ3n) is 1.79. The summed E-state index contributed by atoms with van der Waals surface area (Å²) in [5.74, 6) is -1.49. The molecule has 1 aromatic rings. The molecule has 4 nitrogen and oxygen atoms in total. The predicted octanol–water partition coefficient (Wildman–Crippen LogP) is 1.55. The van der Waals surface area contributed by atoms with Gasteiger partial charge in [-0.2, -0.15) is 0 Å². The van der Waals surface area contributed by atoms with Crippen LogP contribution in [0.1, 0.15) is 17.3 Å². The van der Waals surface area contributed by atoms with Crippen molar-refractivity contribution < 1.29 is 19.1 Å². The van der Waals surface area contributed by atoms with Crippen molar-refractivity contribution in [2.45, 2.75) is 6.92 Å². The largest absolute Gasteiger partial charge is 0.508 e. The zero-order valence-electron chi connectivity index (χ0n) is 8.53. The Morgan fingerprint density at radius 2 is 2.27 bits per heavy atom. The van der Waals surface area contributed by atoms with E-state index in [1.807, 2.05) is 0 Å². The van der Waals surface area contributed by atoms with E-state index in [4.69, 9.17) is 9.94 Å². The Bertz CT molecular complexity index is 368. The molecule has 0 radical (unpaired) electrons. The molecule has 0 bridgehead atoms. The number of rotatable bonds is 3. The van der Waals surface area contributed by atoms with Gasteiger partial charge >= 0.3 is 0 Å². The minimum absolute atomic E-state index is 0.162. The number of hydrogen-bond donors (Lipinski definition) is 1. The van der Waals surface area contributed by atoms with Gasteiger partial charge in [-0.1, -0.05) is 0 Å². The Labute approximate surface area is 86.8 Å². The van der Waals surface area contributed by atoms with Gasteiger partial charge in [-0.15, -0.1) is 0 Å². The number of amides is 1. The van der Waals surface area contributed by atoms with Gasteiger partial charge in [0.1, 0.15) is 11.6 Å². The SMILES string of the molecule is CCON(C)C(=O)c1cc(O)ccc1F. The molecule has 0 aliphatic rings. The second-order valence-electron chi connectivity index (χ2n) is 2.88. The number of nitrogens with zero attached hydrogens (tertiary/aromatic N) is 1.